The van der Waals surface area contributed by atoms with Crippen LogP contribution >= 0.6 is 11.3 Å². The lowest BCUT2D eigenvalue weighted by atomic mass is 10.2. The first-order valence-electron chi connectivity index (χ1n) is 5.95. The summed E-state index contributed by atoms with van der Waals surface area (Å²) in [6, 6.07) is 8.12. The highest BCUT2D eigenvalue weighted by Gasteiger charge is 2.19. The van der Waals surface area contributed by atoms with E-state index in [1.807, 2.05) is 23.1 Å². The van der Waals surface area contributed by atoms with E-state index in [1.165, 1.54) is 4.70 Å². The number of likely N-dealkylation sites (tertiary alicyclic amines) is 1. The van der Waals surface area contributed by atoms with Gasteiger partial charge in [-0.3, -0.25) is 4.79 Å². The molecule has 3 rings (SSSR count). The standard InChI is InChI=1S/C13H14N2OS/c16-13(15-8-3-9-15)7-6-12-14-10-4-1-2-5-11(10)17-12/h1-2,4-5H,3,6-9H2. The number of benzene rings is 1. The van der Waals surface area contributed by atoms with Gasteiger partial charge in [0.2, 0.25) is 5.91 Å². The number of amides is 1. The van der Waals surface area contributed by atoms with E-state index >= 15 is 0 Å². The second kappa shape index (κ2) is 4.45. The van der Waals surface area contributed by atoms with E-state index < -0.39 is 0 Å². The Bertz CT molecular complexity index is 512. The van der Waals surface area contributed by atoms with Gasteiger partial charge in [-0.2, -0.15) is 0 Å². The maximum atomic E-state index is 11.7. The van der Waals surface area contributed by atoms with Gasteiger partial charge in [0, 0.05) is 25.9 Å². The van der Waals surface area contributed by atoms with Crippen molar-refractivity contribution in [2.24, 2.45) is 0 Å². The Hall–Kier alpha value is -1.42. The SMILES string of the molecule is O=C(CCc1nc2ccccc2s1)N1CCC1. The Kier molecular flexibility index (Phi) is 2.81. The molecule has 88 valence electrons. The van der Waals surface area contributed by atoms with E-state index in [1.54, 1.807) is 11.3 Å². The van der Waals surface area contributed by atoms with Gasteiger partial charge in [0.05, 0.1) is 15.2 Å². The van der Waals surface area contributed by atoms with Crippen LogP contribution in [-0.2, 0) is 11.2 Å². The third kappa shape index (κ3) is 2.17. The molecular weight excluding hydrogens is 232 g/mol. The average Bonchev–Trinajstić information content (AvgIpc) is 2.66. The van der Waals surface area contributed by atoms with Crippen molar-refractivity contribution in [1.29, 1.82) is 0 Å². The fourth-order valence-corrected chi connectivity index (χ4v) is 2.93. The van der Waals surface area contributed by atoms with Crippen LogP contribution in [0.15, 0.2) is 24.3 Å². The van der Waals surface area contributed by atoms with Gasteiger partial charge in [-0.15, -0.1) is 11.3 Å². The Balaban J connectivity index is 1.66. The highest BCUT2D eigenvalue weighted by Crippen LogP contribution is 2.22. The molecule has 0 bridgehead atoms. The number of hydrogen-bond acceptors (Lipinski definition) is 3. The molecule has 1 aromatic heterocycles. The van der Waals surface area contributed by atoms with Crippen molar-refractivity contribution in [3.63, 3.8) is 0 Å². The van der Waals surface area contributed by atoms with Gasteiger partial charge >= 0.3 is 0 Å². The molecule has 1 aromatic carbocycles. The predicted molar refractivity (Wildman–Crippen MR) is 69.1 cm³/mol. The van der Waals surface area contributed by atoms with Crippen LogP contribution in [0.2, 0.25) is 0 Å². The largest absolute Gasteiger partial charge is 0.343 e. The van der Waals surface area contributed by atoms with Gasteiger partial charge in [-0.1, -0.05) is 12.1 Å². The monoisotopic (exact) mass is 246 g/mol. The number of thiazole rings is 1. The van der Waals surface area contributed by atoms with Gasteiger partial charge in [0.25, 0.3) is 0 Å². The summed E-state index contributed by atoms with van der Waals surface area (Å²) in [5.41, 5.74) is 1.05. The minimum atomic E-state index is 0.274. The third-order valence-electron chi connectivity index (χ3n) is 3.10. The zero-order valence-corrected chi connectivity index (χ0v) is 10.4. The number of aromatic nitrogens is 1. The minimum absolute atomic E-state index is 0.274. The number of carbonyl (C=O) groups excluding carboxylic acids is 1. The van der Waals surface area contributed by atoms with Crippen LogP contribution in [-0.4, -0.2) is 28.9 Å². The zero-order chi connectivity index (χ0) is 11.7. The van der Waals surface area contributed by atoms with E-state index in [2.05, 4.69) is 11.1 Å². The molecule has 0 saturated carbocycles. The molecule has 0 spiro atoms. The van der Waals surface area contributed by atoms with Crippen LogP contribution in [0.25, 0.3) is 10.2 Å². The number of aryl methyl sites for hydroxylation is 1. The van der Waals surface area contributed by atoms with Crippen molar-refractivity contribution in [3.05, 3.63) is 29.3 Å². The Labute approximate surface area is 104 Å². The summed E-state index contributed by atoms with van der Waals surface area (Å²) >= 11 is 1.69. The molecule has 2 heterocycles. The number of hydrogen-bond donors (Lipinski definition) is 0. The van der Waals surface area contributed by atoms with Crippen LogP contribution in [0.4, 0.5) is 0 Å². The molecule has 1 aliphatic rings. The molecule has 1 fully saturated rings. The summed E-state index contributed by atoms with van der Waals surface area (Å²) in [6.45, 7) is 1.89. The molecule has 1 aliphatic heterocycles. The number of para-hydroxylation sites is 1. The lowest BCUT2D eigenvalue weighted by Crippen LogP contribution is -2.42. The third-order valence-corrected chi connectivity index (χ3v) is 4.20. The van der Waals surface area contributed by atoms with Gasteiger partial charge in [-0.25, -0.2) is 4.98 Å². The molecule has 1 amide bonds. The van der Waals surface area contributed by atoms with Crippen LogP contribution < -0.4 is 0 Å². The highest BCUT2D eigenvalue weighted by atomic mass is 32.1. The van der Waals surface area contributed by atoms with Crippen LogP contribution in [0.1, 0.15) is 17.8 Å². The van der Waals surface area contributed by atoms with E-state index in [0.29, 0.717) is 6.42 Å². The summed E-state index contributed by atoms with van der Waals surface area (Å²) in [5.74, 6) is 0.274. The van der Waals surface area contributed by atoms with Crippen LogP contribution in [0.3, 0.4) is 0 Å². The van der Waals surface area contributed by atoms with Crippen molar-refractivity contribution in [2.45, 2.75) is 19.3 Å². The molecule has 0 N–H and O–H groups in total. The van der Waals surface area contributed by atoms with Crippen molar-refractivity contribution >= 4 is 27.5 Å². The highest BCUT2D eigenvalue weighted by molar-refractivity contribution is 7.18. The zero-order valence-electron chi connectivity index (χ0n) is 9.56. The van der Waals surface area contributed by atoms with Gasteiger partial charge in [0.1, 0.15) is 0 Å². The lowest BCUT2D eigenvalue weighted by Gasteiger charge is -2.30. The van der Waals surface area contributed by atoms with Crippen molar-refractivity contribution in [3.8, 4) is 0 Å². The minimum Gasteiger partial charge on any atom is -0.343 e. The number of carbonyl (C=O) groups is 1. The molecule has 0 atom stereocenters. The Morgan fingerprint density at radius 3 is 2.88 bits per heavy atom. The van der Waals surface area contributed by atoms with Crippen molar-refractivity contribution in [1.82, 2.24) is 9.88 Å². The number of fused-ring (bicyclic) bond motifs is 1. The maximum absolute atomic E-state index is 11.7. The topological polar surface area (TPSA) is 33.2 Å². The molecular formula is C13H14N2OS. The first-order chi connectivity index (χ1) is 8.33. The summed E-state index contributed by atoms with van der Waals surface area (Å²) in [5, 5.41) is 1.07. The van der Waals surface area contributed by atoms with Crippen molar-refractivity contribution < 1.29 is 4.79 Å². The first-order valence-corrected chi connectivity index (χ1v) is 6.77. The van der Waals surface area contributed by atoms with E-state index in [-0.39, 0.29) is 5.91 Å². The van der Waals surface area contributed by atoms with Crippen molar-refractivity contribution in [2.75, 3.05) is 13.1 Å². The van der Waals surface area contributed by atoms with Crippen LogP contribution in [0, 0.1) is 0 Å². The molecule has 2 aromatic rings. The number of rotatable bonds is 3. The van der Waals surface area contributed by atoms with Gasteiger partial charge in [0.15, 0.2) is 0 Å². The molecule has 0 unspecified atom stereocenters. The molecule has 3 nitrogen and oxygen atoms in total. The molecule has 17 heavy (non-hydrogen) atoms. The fraction of sp³-hybridized carbons (Fsp3) is 0.385. The van der Waals surface area contributed by atoms with Crippen LogP contribution in [0.5, 0.6) is 0 Å². The normalized spacial score (nSPS) is 14.9. The fourth-order valence-electron chi connectivity index (χ4n) is 1.96. The molecule has 1 saturated heterocycles. The first kappa shape index (κ1) is 10.7. The van der Waals surface area contributed by atoms with E-state index in [4.69, 9.17) is 0 Å². The second-order valence-electron chi connectivity index (χ2n) is 4.31. The van der Waals surface area contributed by atoms with Gasteiger partial charge < -0.3 is 4.90 Å². The maximum Gasteiger partial charge on any atom is 0.222 e. The number of nitrogens with zero attached hydrogens (tertiary/aromatic N) is 2. The predicted octanol–water partition coefficient (Wildman–Crippen LogP) is 2.46. The van der Waals surface area contributed by atoms with E-state index in [9.17, 15) is 4.79 Å². The van der Waals surface area contributed by atoms with Gasteiger partial charge in [-0.05, 0) is 18.6 Å². The Morgan fingerprint density at radius 2 is 2.18 bits per heavy atom. The molecule has 4 heteroatoms. The quantitative estimate of drug-likeness (QED) is 0.833. The second-order valence-corrected chi connectivity index (χ2v) is 5.42. The summed E-state index contributed by atoms with van der Waals surface area (Å²) < 4.78 is 1.21. The summed E-state index contributed by atoms with van der Waals surface area (Å²) in [7, 11) is 0. The summed E-state index contributed by atoms with van der Waals surface area (Å²) in [4.78, 5) is 18.2. The smallest absolute Gasteiger partial charge is 0.222 e. The average molecular weight is 246 g/mol. The summed E-state index contributed by atoms with van der Waals surface area (Å²) in [6.07, 6.45) is 2.53. The van der Waals surface area contributed by atoms with E-state index in [0.717, 1.165) is 36.5 Å². The Morgan fingerprint density at radius 1 is 1.35 bits per heavy atom. The molecule has 0 aliphatic carbocycles. The molecule has 0 radical (unpaired) electrons. The lowest BCUT2D eigenvalue weighted by molar-refractivity contribution is -0.134.